The number of aromatic amines is 1. The summed E-state index contributed by atoms with van der Waals surface area (Å²) in [5.41, 5.74) is 0.237. The molecule has 1 unspecified atom stereocenters. The maximum absolute atomic E-state index is 12.4. The first kappa shape index (κ1) is 19.8. The van der Waals surface area contributed by atoms with Crippen LogP contribution < -0.4 is 11.2 Å². The van der Waals surface area contributed by atoms with Gasteiger partial charge < -0.3 is 4.57 Å². The van der Waals surface area contributed by atoms with Crippen molar-refractivity contribution in [1.29, 1.82) is 0 Å². The first-order chi connectivity index (χ1) is 12.0. The molecule has 0 spiro atoms. The Morgan fingerprint density at radius 1 is 1.12 bits per heavy atom. The van der Waals surface area contributed by atoms with Gasteiger partial charge in [0.05, 0.1) is 0 Å². The quantitative estimate of drug-likeness (QED) is 0.514. The summed E-state index contributed by atoms with van der Waals surface area (Å²) in [6.07, 6.45) is 8.21. The number of fused-ring (bicyclic) bond motifs is 1. The van der Waals surface area contributed by atoms with E-state index in [1.54, 1.807) is 18.8 Å². The van der Waals surface area contributed by atoms with Crippen LogP contribution in [0.4, 0.5) is 0 Å². The fourth-order valence-electron chi connectivity index (χ4n) is 2.83. The lowest BCUT2D eigenvalue weighted by Gasteiger charge is -2.11. The number of hydrogen-bond donors (Lipinski definition) is 1. The van der Waals surface area contributed by atoms with E-state index in [2.05, 4.69) is 30.7 Å². The third kappa shape index (κ3) is 4.77. The highest BCUT2D eigenvalue weighted by atomic mass is 32.2. The van der Waals surface area contributed by atoms with Crippen molar-refractivity contribution in [2.24, 2.45) is 7.05 Å². The fraction of sp³-hybridized carbons (Fsp3) is 0.722. The zero-order valence-electron chi connectivity index (χ0n) is 15.8. The van der Waals surface area contributed by atoms with Gasteiger partial charge in [-0.1, -0.05) is 64.6 Å². The summed E-state index contributed by atoms with van der Waals surface area (Å²) in [5, 5.41) is 1.25. The molecule has 0 radical (unpaired) electrons. The predicted octanol–water partition coefficient (Wildman–Crippen LogP) is 3.67. The molecule has 7 heteroatoms. The van der Waals surface area contributed by atoms with Gasteiger partial charge in [-0.25, -0.2) is 9.78 Å². The standard InChI is InChI=1S/C18H30N4O2S/c1-5-7-8-9-10-11-12-22-14-15(19-18(22)25-13(3)6-2)21(4)17(24)20-16(14)23/h13H,5-12H2,1-4H3,(H,20,23,24). The molecule has 140 valence electrons. The molecular formula is C18H30N4O2S. The molecule has 0 bridgehead atoms. The van der Waals surface area contributed by atoms with Crippen molar-refractivity contribution >= 4 is 22.9 Å². The number of rotatable bonds is 10. The highest BCUT2D eigenvalue weighted by Crippen LogP contribution is 2.27. The maximum atomic E-state index is 12.4. The summed E-state index contributed by atoms with van der Waals surface area (Å²) >= 11 is 1.67. The Kier molecular flexibility index (Phi) is 7.35. The van der Waals surface area contributed by atoms with Gasteiger partial charge in [-0.3, -0.25) is 14.3 Å². The van der Waals surface area contributed by atoms with Crippen LogP contribution in [0.2, 0.25) is 0 Å². The molecule has 2 heterocycles. The highest BCUT2D eigenvalue weighted by Gasteiger charge is 2.18. The van der Waals surface area contributed by atoms with Gasteiger partial charge in [0.25, 0.3) is 5.56 Å². The Labute approximate surface area is 153 Å². The number of nitrogens with one attached hydrogen (secondary N) is 1. The number of H-pyrrole nitrogens is 1. The van der Waals surface area contributed by atoms with Crippen molar-refractivity contribution in [3.05, 3.63) is 20.8 Å². The molecule has 0 aliphatic carbocycles. The maximum Gasteiger partial charge on any atom is 0.329 e. The van der Waals surface area contributed by atoms with E-state index in [1.807, 2.05) is 4.57 Å². The van der Waals surface area contributed by atoms with Gasteiger partial charge >= 0.3 is 5.69 Å². The highest BCUT2D eigenvalue weighted by molar-refractivity contribution is 7.99. The summed E-state index contributed by atoms with van der Waals surface area (Å²) in [5.74, 6) is 0. The number of aryl methyl sites for hydroxylation is 2. The van der Waals surface area contributed by atoms with Gasteiger partial charge in [-0.05, 0) is 12.8 Å². The topological polar surface area (TPSA) is 72.7 Å². The molecule has 1 atom stereocenters. The predicted molar refractivity (Wildman–Crippen MR) is 105 cm³/mol. The Morgan fingerprint density at radius 2 is 1.80 bits per heavy atom. The number of aromatic nitrogens is 4. The minimum Gasteiger partial charge on any atom is -0.313 e. The van der Waals surface area contributed by atoms with Crippen molar-refractivity contribution in [3.8, 4) is 0 Å². The van der Waals surface area contributed by atoms with Crippen LogP contribution in [-0.2, 0) is 13.6 Å². The first-order valence-electron chi connectivity index (χ1n) is 9.35. The van der Waals surface area contributed by atoms with E-state index in [1.165, 1.54) is 30.3 Å². The summed E-state index contributed by atoms with van der Waals surface area (Å²) in [6.45, 7) is 7.28. The molecule has 0 aliphatic heterocycles. The lowest BCUT2D eigenvalue weighted by molar-refractivity contribution is 0.543. The second-order valence-electron chi connectivity index (χ2n) is 6.64. The first-order valence-corrected chi connectivity index (χ1v) is 10.2. The number of unbranched alkanes of at least 4 members (excludes halogenated alkanes) is 5. The summed E-state index contributed by atoms with van der Waals surface area (Å²) in [6, 6.07) is 0. The average Bonchev–Trinajstić information content (AvgIpc) is 2.94. The summed E-state index contributed by atoms with van der Waals surface area (Å²) in [7, 11) is 1.65. The molecule has 0 saturated carbocycles. The van der Waals surface area contributed by atoms with Crippen LogP contribution in [0.5, 0.6) is 0 Å². The van der Waals surface area contributed by atoms with Crippen LogP contribution in [0.1, 0.15) is 65.7 Å². The van der Waals surface area contributed by atoms with Crippen molar-refractivity contribution in [3.63, 3.8) is 0 Å². The molecule has 2 aromatic rings. The molecule has 0 aromatic carbocycles. The monoisotopic (exact) mass is 366 g/mol. The molecule has 25 heavy (non-hydrogen) atoms. The van der Waals surface area contributed by atoms with Crippen molar-refractivity contribution in [2.45, 2.75) is 82.7 Å². The largest absolute Gasteiger partial charge is 0.329 e. The van der Waals surface area contributed by atoms with E-state index >= 15 is 0 Å². The molecule has 2 aromatic heterocycles. The lowest BCUT2D eigenvalue weighted by Crippen LogP contribution is -2.29. The molecular weight excluding hydrogens is 336 g/mol. The molecule has 2 rings (SSSR count). The van der Waals surface area contributed by atoms with E-state index in [4.69, 9.17) is 0 Å². The number of hydrogen-bond acceptors (Lipinski definition) is 4. The second-order valence-corrected chi connectivity index (χ2v) is 8.05. The Bertz CT molecular complexity index is 806. The minimum absolute atomic E-state index is 0.340. The fourth-order valence-corrected chi connectivity index (χ4v) is 3.80. The molecule has 1 N–H and O–H groups in total. The van der Waals surface area contributed by atoms with E-state index in [9.17, 15) is 9.59 Å². The summed E-state index contributed by atoms with van der Waals surface area (Å²) < 4.78 is 3.43. The van der Waals surface area contributed by atoms with E-state index < -0.39 is 5.69 Å². The van der Waals surface area contributed by atoms with Gasteiger partial charge in [0.15, 0.2) is 16.3 Å². The van der Waals surface area contributed by atoms with Gasteiger partial charge in [0, 0.05) is 18.8 Å². The van der Waals surface area contributed by atoms with Crippen LogP contribution in [0.15, 0.2) is 14.7 Å². The third-order valence-electron chi connectivity index (χ3n) is 4.59. The van der Waals surface area contributed by atoms with Crippen LogP contribution in [0.25, 0.3) is 11.2 Å². The smallest absolute Gasteiger partial charge is 0.313 e. The number of imidazole rings is 1. The van der Waals surface area contributed by atoms with Crippen molar-refractivity contribution in [1.82, 2.24) is 19.1 Å². The molecule has 0 saturated heterocycles. The van der Waals surface area contributed by atoms with Crippen LogP contribution in [0, 0.1) is 0 Å². The Hall–Kier alpha value is -1.50. The Balaban J connectivity index is 2.30. The van der Waals surface area contributed by atoms with Gasteiger partial charge in [0.1, 0.15) is 0 Å². The summed E-state index contributed by atoms with van der Waals surface area (Å²) in [4.78, 5) is 31.3. The zero-order valence-corrected chi connectivity index (χ0v) is 16.6. The van der Waals surface area contributed by atoms with Gasteiger partial charge in [-0.2, -0.15) is 0 Å². The van der Waals surface area contributed by atoms with Crippen LogP contribution in [-0.4, -0.2) is 24.4 Å². The molecule has 0 amide bonds. The van der Waals surface area contributed by atoms with Gasteiger partial charge in [0.2, 0.25) is 0 Å². The SMILES string of the molecule is CCCCCCCCn1c(SC(C)CC)nc2c1c(=O)[nH]c(=O)n2C. The Morgan fingerprint density at radius 3 is 2.48 bits per heavy atom. The number of thioether (sulfide) groups is 1. The van der Waals surface area contributed by atoms with E-state index in [-0.39, 0.29) is 5.56 Å². The van der Waals surface area contributed by atoms with Gasteiger partial charge in [-0.15, -0.1) is 0 Å². The van der Waals surface area contributed by atoms with E-state index in [0.29, 0.717) is 16.4 Å². The average molecular weight is 367 g/mol. The van der Waals surface area contributed by atoms with Crippen molar-refractivity contribution < 1.29 is 0 Å². The molecule has 6 nitrogen and oxygen atoms in total. The minimum atomic E-state index is -0.415. The van der Waals surface area contributed by atoms with Crippen LogP contribution in [0.3, 0.4) is 0 Å². The number of nitrogens with zero attached hydrogens (tertiary/aromatic N) is 3. The van der Waals surface area contributed by atoms with Crippen LogP contribution >= 0.6 is 11.8 Å². The zero-order chi connectivity index (χ0) is 18.4. The molecule has 0 aliphatic rings. The second kappa shape index (κ2) is 9.27. The van der Waals surface area contributed by atoms with Crippen molar-refractivity contribution in [2.75, 3.05) is 0 Å². The normalized spacial score (nSPS) is 12.8. The lowest BCUT2D eigenvalue weighted by atomic mass is 10.1. The third-order valence-corrected chi connectivity index (χ3v) is 5.85. The molecule has 0 fully saturated rings. The van der Waals surface area contributed by atoms with E-state index in [0.717, 1.165) is 31.0 Å².